The van der Waals surface area contributed by atoms with Gasteiger partial charge in [0.2, 0.25) is 0 Å². The van der Waals surface area contributed by atoms with Gasteiger partial charge in [-0.2, -0.15) is 0 Å². The quantitative estimate of drug-likeness (QED) is 0.771. The number of benzene rings is 1. The zero-order chi connectivity index (χ0) is 12.6. The van der Waals surface area contributed by atoms with E-state index in [1.807, 2.05) is 26.0 Å². The molecule has 0 spiro atoms. The Balaban J connectivity index is 2.32. The normalized spacial score (nSPS) is 20.0. The van der Waals surface area contributed by atoms with Crippen molar-refractivity contribution in [1.29, 1.82) is 0 Å². The number of aliphatic imine (C=N–C) groups is 1. The molecule has 0 N–H and O–H groups in total. The van der Waals surface area contributed by atoms with E-state index in [2.05, 4.69) is 21.0 Å². The summed E-state index contributed by atoms with van der Waals surface area (Å²) in [6.07, 6.45) is 0. The summed E-state index contributed by atoms with van der Waals surface area (Å²) >= 11 is 8.67. The Kier molecular flexibility index (Phi) is 3.57. The molecule has 1 aliphatic heterocycles. The van der Waals surface area contributed by atoms with Gasteiger partial charge in [0.15, 0.2) is 0 Å². The van der Waals surface area contributed by atoms with E-state index in [9.17, 15) is 4.79 Å². The molecule has 89 valence electrons. The maximum atomic E-state index is 12.2. The Morgan fingerprint density at radius 3 is 2.41 bits per heavy atom. The second kappa shape index (κ2) is 4.81. The SMILES string of the molecule is CC(C)[C@@H]1N=C([Se])N(c2ccc(Cl)cc2)C1=O. The summed E-state index contributed by atoms with van der Waals surface area (Å²) in [7, 11) is 0. The van der Waals surface area contributed by atoms with Crippen molar-refractivity contribution in [2.45, 2.75) is 19.9 Å². The predicted octanol–water partition coefficient (Wildman–Crippen LogP) is 2.24. The van der Waals surface area contributed by atoms with Gasteiger partial charge in [0, 0.05) is 0 Å². The molecular weight excluding hydrogens is 303 g/mol. The topological polar surface area (TPSA) is 32.7 Å². The summed E-state index contributed by atoms with van der Waals surface area (Å²) in [4.78, 5) is 18.2. The molecule has 1 aliphatic rings. The summed E-state index contributed by atoms with van der Waals surface area (Å²) in [5.74, 6) is 0.208. The van der Waals surface area contributed by atoms with Crippen molar-refractivity contribution in [3.05, 3.63) is 29.3 Å². The van der Waals surface area contributed by atoms with E-state index in [0.717, 1.165) is 5.69 Å². The van der Waals surface area contributed by atoms with Crippen LogP contribution in [0.4, 0.5) is 5.69 Å². The fraction of sp³-hybridized carbons (Fsp3) is 0.333. The number of rotatable bonds is 2. The summed E-state index contributed by atoms with van der Waals surface area (Å²) in [6.45, 7) is 3.98. The fourth-order valence-electron chi connectivity index (χ4n) is 1.72. The molecule has 3 nitrogen and oxygen atoms in total. The fourth-order valence-corrected chi connectivity index (χ4v) is 2.49. The van der Waals surface area contributed by atoms with Crippen LogP contribution >= 0.6 is 11.6 Å². The van der Waals surface area contributed by atoms with Gasteiger partial charge in [0.05, 0.1) is 0 Å². The van der Waals surface area contributed by atoms with Gasteiger partial charge < -0.3 is 0 Å². The number of amides is 1. The molecule has 1 heterocycles. The van der Waals surface area contributed by atoms with E-state index >= 15 is 0 Å². The number of nitrogens with zero attached hydrogens (tertiary/aromatic N) is 2. The molecule has 0 aliphatic carbocycles. The van der Waals surface area contributed by atoms with E-state index in [0.29, 0.717) is 9.76 Å². The molecule has 17 heavy (non-hydrogen) atoms. The average molecular weight is 315 g/mol. The molecule has 1 amide bonds. The molecule has 1 radical (unpaired) electrons. The number of amidine groups is 1. The molecule has 1 atom stereocenters. The monoisotopic (exact) mass is 315 g/mol. The summed E-state index contributed by atoms with van der Waals surface area (Å²) < 4.78 is 0.621. The Bertz CT molecular complexity index is 470. The van der Waals surface area contributed by atoms with Crippen molar-refractivity contribution in [3.63, 3.8) is 0 Å². The number of anilines is 1. The Morgan fingerprint density at radius 2 is 1.94 bits per heavy atom. The van der Waals surface area contributed by atoms with Crippen molar-refractivity contribution in [2.24, 2.45) is 10.9 Å². The van der Waals surface area contributed by atoms with Crippen molar-refractivity contribution >= 4 is 43.9 Å². The predicted molar refractivity (Wildman–Crippen MR) is 70.8 cm³/mol. The van der Waals surface area contributed by atoms with Gasteiger partial charge >= 0.3 is 114 Å². The first-order chi connectivity index (χ1) is 8.00. The number of hydrogen-bond acceptors (Lipinski definition) is 2. The Labute approximate surface area is 114 Å². The molecule has 5 heteroatoms. The van der Waals surface area contributed by atoms with Crippen LogP contribution in [0.2, 0.25) is 5.02 Å². The van der Waals surface area contributed by atoms with Crippen molar-refractivity contribution < 1.29 is 4.79 Å². The van der Waals surface area contributed by atoms with E-state index in [4.69, 9.17) is 11.6 Å². The van der Waals surface area contributed by atoms with Crippen molar-refractivity contribution in [1.82, 2.24) is 0 Å². The molecule has 2 rings (SSSR count). The molecule has 0 bridgehead atoms. The van der Waals surface area contributed by atoms with Crippen LogP contribution in [0, 0.1) is 5.92 Å². The van der Waals surface area contributed by atoms with Gasteiger partial charge in [0.1, 0.15) is 0 Å². The van der Waals surface area contributed by atoms with Crippen LogP contribution in [0.3, 0.4) is 0 Å². The second-order valence-electron chi connectivity index (χ2n) is 4.25. The summed E-state index contributed by atoms with van der Waals surface area (Å²) in [5, 5.41) is 0.652. The molecule has 1 aromatic carbocycles. The molecule has 0 saturated heterocycles. The van der Waals surface area contributed by atoms with Gasteiger partial charge in [-0.3, -0.25) is 0 Å². The van der Waals surface area contributed by atoms with Crippen molar-refractivity contribution in [3.8, 4) is 0 Å². The minimum atomic E-state index is -0.290. The van der Waals surface area contributed by atoms with E-state index in [-0.39, 0.29) is 17.9 Å². The standard InChI is InChI=1S/C12H12ClN2OSe/c1-7(2)10-11(16)15(12(17)14-10)9-5-3-8(13)4-6-9/h3-7,10H,1-2H3/t10-/m0/s1. The minimum absolute atomic E-state index is 0.0103. The van der Waals surface area contributed by atoms with Gasteiger partial charge in [-0.05, 0) is 0 Å². The molecular formula is C12H12ClN2OSe. The molecule has 0 fully saturated rings. The first-order valence-corrected chi connectivity index (χ1v) is 6.58. The van der Waals surface area contributed by atoms with E-state index in [1.165, 1.54) is 0 Å². The van der Waals surface area contributed by atoms with Crippen molar-refractivity contribution in [2.75, 3.05) is 4.90 Å². The van der Waals surface area contributed by atoms with Crippen LogP contribution in [-0.4, -0.2) is 32.7 Å². The van der Waals surface area contributed by atoms with Crippen LogP contribution in [0.1, 0.15) is 13.8 Å². The van der Waals surface area contributed by atoms with Crippen LogP contribution in [0.25, 0.3) is 0 Å². The first-order valence-electron chi connectivity index (χ1n) is 5.35. The average Bonchev–Trinajstić information content (AvgIpc) is 2.56. The third-order valence-electron chi connectivity index (χ3n) is 2.63. The zero-order valence-corrected chi connectivity index (χ0v) is 12.0. The summed E-state index contributed by atoms with van der Waals surface area (Å²) in [5.41, 5.74) is 0.792. The number of carbonyl (C=O) groups is 1. The molecule has 1 aromatic rings. The van der Waals surface area contributed by atoms with Crippen LogP contribution in [-0.2, 0) is 4.79 Å². The molecule has 0 aromatic heterocycles. The number of halogens is 1. The number of hydrogen-bond donors (Lipinski definition) is 0. The zero-order valence-electron chi connectivity index (χ0n) is 9.55. The second-order valence-corrected chi connectivity index (χ2v) is 5.45. The number of carbonyl (C=O) groups excluding carboxylic acids is 1. The van der Waals surface area contributed by atoms with E-state index < -0.39 is 0 Å². The van der Waals surface area contributed by atoms with Crippen LogP contribution < -0.4 is 4.90 Å². The van der Waals surface area contributed by atoms with Crippen LogP contribution in [0.5, 0.6) is 0 Å². The third kappa shape index (κ3) is 2.39. The van der Waals surface area contributed by atoms with E-state index in [1.54, 1.807) is 17.0 Å². The Morgan fingerprint density at radius 1 is 1.35 bits per heavy atom. The van der Waals surface area contributed by atoms with Gasteiger partial charge in [-0.15, -0.1) is 0 Å². The summed E-state index contributed by atoms with van der Waals surface area (Å²) in [6, 6.07) is 6.87. The first kappa shape index (κ1) is 12.6. The third-order valence-corrected chi connectivity index (χ3v) is 3.49. The maximum absolute atomic E-state index is 12.2. The van der Waals surface area contributed by atoms with Gasteiger partial charge in [-0.1, -0.05) is 0 Å². The van der Waals surface area contributed by atoms with Gasteiger partial charge in [0.25, 0.3) is 0 Å². The Hall–Kier alpha value is -0.831. The molecule has 0 unspecified atom stereocenters. The molecule has 0 saturated carbocycles. The van der Waals surface area contributed by atoms with Crippen LogP contribution in [0.15, 0.2) is 29.3 Å². The van der Waals surface area contributed by atoms with Gasteiger partial charge in [-0.25, -0.2) is 0 Å².